The van der Waals surface area contributed by atoms with Crippen LogP contribution in [0.3, 0.4) is 0 Å². The smallest absolute Gasteiger partial charge is 0.226 e. The lowest BCUT2D eigenvalue weighted by Crippen LogP contribution is -2.50. The molecule has 94 valence electrons. The maximum atomic E-state index is 12.1. The number of rotatable bonds is 5. The van der Waals surface area contributed by atoms with Gasteiger partial charge in [0.2, 0.25) is 5.91 Å². The number of carbonyl (C=O) groups excluding carboxylic acids is 1. The number of hydrogen-bond acceptors (Lipinski definition) is 2. The van der Waals surface area contributed by atoms with Gasteiger partial charge in [0.15, 0.2) is 0 Å². The Morgan fingerprint density at radius 1 is 1.56 bits per heavy atom. The Hall–Kier alpha value is -0.280. The van der Waals surface area contributed by atoms with Gasteiger partial charge in [-0.3, -0.25) is 4.79 Å². The van der Waals surface area contributed by atoms with Crippen molar-refractivity contribution in [3.8, 4) is 0 Å². The molecule has 1 N–H and O–H groups in total. The summed E-state index contributed by atoms with van der Waals surface area (Å²) in [6.45, 7) is 6.76. The second-order valence-electron chi connectivity index (χ2n) is 4.75. The minimum atomic E-state index is -0.292. The summed E-state index contributed by atoms with van der Waals surface area (Å²) in [6, 6.07) is 0. The quantitative estimate of drug-likeness (QED) is 0.758. The Labute approximate surface area is 103 Å². The highest BCUT2D eigenvalue weighted by molar-refractivity contribution is 6.18. The van der Waals surface area contributed by atoms with E-state index in [1.54, 1.807) is 0 Å². The molecule has 16 heavy (non-hydrogen) atoms. The van der Waals surface area contributed by atoms with Crippen molar-refractivity contribution in [2.75, 3.05) is 12.5 Å². The van der Waals surface area contributed by atoms with Gasteiger partial charge in [-0.05, 0) is 26.2 Å². The van der Waals surface area contributed by atoms with Crippen LogP contribution in [-0.2, 0) is 9.53 Å². The van der Waals surface area contributed by atoms with E-state index in [1.165, 1.54) is 0 Å². The summed E-state index contributed by atoms with van der Waals surface area (Å²) in [6.07, 6.45) is 2.64. The average molecular weight is 248 g/mol. The lowest BCUT2D eigenvalue weighted by Gasteiger charge is -2.29. The fourth-order valence-electron chi connectivity index (χ4n) is 1.96. The van der Waals surface area contributed by atoms with E-state index >= 15 is 0 Å². The van der Waals surface area contributed by atoms with Crippen LogP contribution in [0, 0.1) is 5.92 Å². The molecule has 1 aliphatic heterocycles. The van der Waals surface area contributed by atoms with Gasteiger partial charge in [0, 0.05) is 12.5 Å². The molecule has 0 saturated carbocycles. The summed E-state index contributed by atoms with van der Waals surface area (Å²) >= 11 is 5.88. The third-order valence-electron chi connectivity index (χ3n) is 3.45. The molecule has 3 atom stereocenters. The molecular formula is C12H22ClNO2. The summed E-state index contributed by atoms with van der Waals surface area (Å²) in [5.41, 5.74) is -0.292. The Bertz CT molecular complexity index is 241. The minimum absolute atomic E-state index is 0.000841. The maximum absolute atomic E-state index is 12.1. The van der Waals surface area contributed by atoms with Crippen molar-refractivity contribution in [1.29, 1.82) is 0 Å². The molecular weight excluding hydrogens is 226 g/mol. The van der Waals surface area contributed by atoms with Crippen LogP contribution in [0.4, 0.5) is 0 Å². The van der Waals surface area contributed by atoms with E-state index in [2.05, 4.69) is 12.2 Å². The third-order valence-corrected chi connectivity index (χ3v) is 4.04. The van der Waals surface area contributed by atoms with Gasteiger partial charge in [-0.2, -0.15) is 0 Å². The van der Waals surface area contributed by atoms with Crippen molar-refractivity contribution in [3.63, 3.8) is 0 Å². The largest absolute Gasteiger partial charge is 0.377 e. The SMILES string of the molecule is CCC1OCCC1C(=O)NC(C)(CC)CCl. The zero-order chi connectivity index (χ0) is 12.2. The Morgan fingerprint density at radius 2 is 2.25 bits per heavy atom. The van der Waals surface area contributed by atoms with Gasteiger partial charge in [0.25, 0.3) is 0 Å². The molecule has 1 amide bonds. The molecule has 0 radical (unpaired) electrons. The standard InChI is InChI=1S/C12H22ClNO2/c1-4-10-9(6-7-16-10)11(15)14-12(3,5-2)8-13/h9-10H,4-8H2,1-3H3,(H,14,15). The van der Waals surface area contributed by atoms with Crippen molar-refractivity contribution in [3.05, 3.63) is 0 Å². The molecule has 1 fully saturated rings. The van der Waals surface area contributed by atoms with Gasteiger partial charge in [-0.1, -0.05) is 13.8 Å². The molecule has 0 aromatic rings. The van der Waals surface area contributed by atoms with Crippen LogP contribution in [0.15, 0.2) is 0 Å². The normalized spacial score (nSPS) is 28.8. The van der Waals surface area contributed by atoms with E-state index in [4.69, 9.17) is 16.3 Å². The van der Waals surface area contributed by atoms with Crippen LogP contribution in [0.25, 0.3) is 0 Å². The van der Waals surface area contributed by atoms with E-state index in [0.29, 0.717) is 12.5 Å². The minimum Gasteiger partial charge on any atom is -0.377 e. The molecule has 3 unspecified atom stereocenters. The van der Waals surface area contributed by atoms with Crippen LogP contribution >= 0.6 is 11.6 Å². The number of carbonyl (C=O) groups is 1. The van der Waals surface area contributed by atoms with Gasteiger partial charge >= 0.3 is 0 Å². The summed E-state index contributed by atoms with van der Waals surface area (Å²) in [4.78, 5) is 12.1. The van der Waals surface area contributed by atoms with Crippen molar-refractivity contribution in [1.82, 2.24) is 5.32 Å². The Morgan fingerprint density at radius 3 is 2.75 bits per heavy atom. The van der Waals surface area contributed by atoms with Crippen LogP contribution in [0.5, 0.6) is 0 Å². The predicted octanol–water partition coefficient (Wildman–Crippen LogP) is 2.33. The van der Waals surface area contributed by atoms with Gasteiger partial charge in [-0.25, -0.2) is 0 Å². The highest BCUT2D eigenvalue weighted by atomic mass is 35.5. The third kappa shape index (κ3) is 3.11. The molecule has 0 aliphatic carbocycles. The first-order valence-corrected chi connectivity index (χ1v) is 6.59. The molecule has 1 saturated heterocycles. The molecule has 3 nitrogen and oxygen atoms in total. The topological polar surface area (TPSA) is 38.3 Å². The van der Waals surface area contributed by atoms with Crippen molar-refractivity contribution in [2.45, 2.75) is 51.7 Å². The first kappa shape index (κ1) is 13.8. The highest BCUT2D eigenvalue weighted by Gasteiger charge is 2.35. The monoisotopic (exact) mass is 247 g/mol. The van der Waals surface area contributed by atoms with Crippen molar-refractivity contribution in [2.24, 2.45) is 5.92 Å². The molecule has 0 spiro atoms. The van der Waals surface area contributed by atoms with Crippen LogP contribution in [0.2, 0.25) is 0 Å². The number of halogens is 1. The lowest BCUT2D eigenvalue weighted by molar-refractivity contribution is -0.128. The summed E-state index contributed by atoms with van der Waals surface area (Å²) < 4.78 is 5.52. The number of ether oxygens (including phenoxy) is 1. The fraction of sp³-hybridized carbons (Fsp3) is 0.917. The molecule has 1 heterocycles. The second-order valence-corrected chi connectivity index (χ2v) is 5.02. The van der Waals surface area contributed by atoms with E-state index in [1.807, 2.05) is 13.8 Å². The second kappa shape index (κ2) is 5.87. The first-order chi connectivity index (χ1) is 7.56. The van der Waals surface area contributed by atoms with E-state index in [9.17, 15) is 4.79 Å². The van der Waals surface area contributed by atoms with Crippen LogP contribution in [-0.4, -0.2) is 30.0 Å². The van der Waals surface area contributed by atoms with E-state index < -0.39 is 0 Å². The fourth-order valence-corrected chi connectivity index (χ4v) is 2.21. The molecule has 1 aliphatic rings. The Balaban J connectivity index is 2.57. The van der Waals surface area contributed by atoms with Crippen LogP contribution < -0.4 is 5.32 Å². The number of nitrogens with one attached hydrogen (secondary N) is 1. The predicted molar refractivity (Wildman–Crippen MR) is 65.7 cm³/mol. The van der Waals surface area contributed by atoms with Gasteiger partial charge < -0.3 is 10.1 Å². The molecule has 0 aromatic carbocycles. The van der Waals surface area contributed by atoms with Crippen molar-refractivity contribution >= 4 is 17.5 Å². The first-order valence-electron chi connectivity index (χ1n) is 6.06. The van der Waals surface area contributed by atoms with Crippen molar-refractivity contribution < 1.29 is 9.53 Å². The zero-order valence-corrected chi connectivity index (χ0v) is 11.1. The van der Waals surface area contributed by atoms with Gasteiger partial charge in [0.05, 0.1) is 17.6 Å². The highest BCUT2D eigenvalue weighted by Crippen LogP contribution is 2.24. The summed E-state index contributed by atoms with van der Waals surface area (Å²) in [5.74, 6) is 0.535. The lowest BCUT2D eigenvalue weighted by atomic mass is 9.95. The summed E-state index contributed by atoms with van der Waals surface area (Å²) in [5, 5.41) is 3.05. The molecule has 0 bridgehead atoms. The number of amides is 1. The molecule has 4 heteroatoms. The van der Waals surface area contributed by atoms with Crippen LogP contribution in [0.1, 0.15) is 40.0 Å². The van der Waals surface area contributed by atoms with E-state index in [0.717, 1.165) is 19.3 Å². The maximum Gasteiger partial charge on any atom is 0.226 e. The zero-order valence-electron chi connectivity index (χ0n) is 10.4. The summed E-state index contributed by atoms with van der Waals surface area (Å²) in [7, 11) is 0. The molecule has 0 aromatic heterocycles. The number of hydrogen-bond donors (Lipinski definition) is 1. The van der Waals surface area contributed by atoms with E-state index in [-0.39, 0.29) is 23.5 Å². The van der Waals surface area contributed by atoms with Gasteiger partial charge in [0.1, 0.15) is 0 Å². The van der Waals surface area contributed by atoms with Gasteiger partial charge in [-0.15, -0.1) is 11.6 Å². The average Bonchev–Trinajstić information content (AvgIpc) is 2.76. The number of alkyl halides is 1. The Kier molecular flexibility index (Phi) is 5.06. The molecule has 1 rings (SSSR count).